The Morgan fingerprint density at radius 1 is 1.40 bits per heavy atom. The van der Waals surface area contributed by atoms with Gasteiger partial charge in [-0.3, -0.25) is 4.79 Å². The molecule has 1 aromatic rings. The van der Waals surface area contributed by atoms with Crippen LogP contribution in [0.1, 0.15) is 36.7 Å². The highest BCUT2D eigenvalue weighted by atomic mass is 16.1. The third-order valence-electron chi connectivity index (χ3n) is 1.97. The number of hydrogen-bond acceptors (Lipinski definition) is 4. The minimum atomic E-state index is -0.196. The molecule has 0 atom stereocenters. The van der Waals surface area contributed by atoms with Gasteiger partial charge in [-0.15, -0.1) is 0 Å². The van der Waals surface area contributed by atoms with E-state index in [1.165, 1.54) is 12.4 Å². The molecule has 5 heteroatoms. The zero-order chi connectivity index (χ0) is 11.1. The molecule has 0 unspecified atom stereocenters. The summed E-state index contributed by atoms with van der Waals surface area (Å²) in [7, 11) is 0. The van der Waals surface area contributed by atoms with Gasteiger partial charge in [-0.2, -0.15) is 0 Å². The molecule has 0 aliphatic rings. The molecule has 0 aromatic carbocycles. The van der Waals surface area contributed by atoms with E-state index in [0.29, 0.717) is 18.1 Å². The first-order valence-electron chi connectivity index (χ1n) is 5.09. The number of nitrogens with zero attached hydrogens (tertiary/aromatic N) is 2. The van der Waals surface area contributed by atoms with Crippen molar-refractivity contribution in [3.8, 4) is 0 Å². The van der Waals surface area contributed by atoms with E-state index in [4.69, 9.17) is 5.73 Å². The van der Waals surface area contributed by atoms with Gasteiger partial charge in [-0.05, 0) is 6.42 Å². The van der Waals surface area contributed by atoms with Crippen molar-refractivity contribution in [2.24, 2.45) is 0 Å². The van der Waals surface area contributed by atoms with E-state index in [2.05, 4.69) is 22.2 Å². The molecular weight excluding hydrogens is 192 g/mol. The highest BCUT2D eigenvalue weighted by Crippen LogP contribution is 1.96. The fourth-order valence-electron chi connectivity index (χ4n) is 1.12. The molecular formula is C10H16N4O. The number of nitrogen functional groups attached to an aromatic ring is 1. The summed E-state index contributed by atoms with van der Waals surface area (Å²) in [5.41, 5.74) is 5.67. The third-order valence-corrected chi connectivity index (χ3v) is 1.97. The molecule has 0 bridgehead atoms. The number of carbonyl (C=O) groups excluding carboxylic acids is 1. The van der Waals surface area contributed by atoms with E-state index >= 15 is 0 Å². The van der Waals surface area contributed by atoms with Crippen LogP contribution in [-0.4, -0.2) is 22.4 Å². The number of unbranched alkanes of at least 4 members (excludes halogenated alkanes) is 2. The number of nitrogens with one attached hydrogen (secondary N) is 1. The number of carbonyl (C=O) groups is 1. The van der Waals surface area contributed by atoms with Gasteiger partial charge >= 0.3 is 0 Å². The number of aromatic nitrogens is 2. The summed E-state index contributed by atoms with van der Waals surface area (Å²) < 4.78 is 0. The molecule has 0 spiro atoms. The van der Waals surface area contributed by atoms with E-state index in [9.17, 15) is 4.79 Å². The van der Waals surface area contributed by atoms with Crippen LogP contribution in [0.5, 0.6) is 0 Å². The van der Waals surface area contributed by atoms with Crippen LogP contribution in [0, 0.1) is 0 Å². The monoisotopic (exact) mass is 208 g/mol. The molecule has 15 heavy (non-hydrogen) atoms. The average molecular weight is 208 g/mol. The molecule has 0 saturated heterocycles. The van der Waals surface area contributed by atoms with Crippen molar-refractivity contribution in [2.45, 2.75) is 26.2 Å². The standard InChI is InChI=1S/C10H16N4O/c1-2-3-4-5-12-10(15)8-6-14-9(11)7-13-8/h6-7H,2-5H2,1H3,(H2,11,14)(H,12,15). The Bertz CT molecular complexity index is 310. The molecule has 1 aromatic heterocycles. The van der Waals surface area contributed by atoms with Gasteiger partial charge in [0, 0.05) is 6.54 Å². The maximum atomic E-state index is 11.5. The summed E-state index contributed by atoms with van der Waals surface area (Å²) in [4.78, 5) is 19.1. The average Bonchev–Trinajstić information content (AvgIpc) is 2.25. The lowest BCUT2D eigenvalue weighted by atomic mass is 10.2. The van der Waals surface area contributed by atoms with Crippen LogP contribution in [0.15, 0.2) is 12.4 Å². The van der Waals surface area contributed by atoms with Gasteiger partial charge < -0.3 is 11.1 Å². The Balaban J connectivity index is 2.37. The van der Waals surface area contributed by atoms with Crippen LogP contribution in [0.2, 0.25) is 0 Å². The van der Waals surface area contributed by atoms with Gasteiger partial charge in [0.1, 0.15) is 11.5 Å². The molecule has 0 aliphatic carbocycles. The first-order chi connectivity index (χ1) is 7.24. The molecule has 82 valence electrons. The van der Waals surface area contributed by atoms with E-state index in [-0.39, 0.29) is 5.91 Å². The van der Waals surface area contributed by atoms with E-state index < -0.39 is 0 Å². The summed E-state index contributed by atoms with van der Waals surface area (Å²) in [5, 5.41) is 2.77. The lowest BCUT2D eigenvalue weighted by Crippen LogP contribution is -2.25. The SMILES string of the molecule is CCCCCNC(=O)c1cnc(N)cn1. The molecule has 0 fully saturated rings. The number of hydrogen-bond donors (Lipinski definition) is 2. The lowest BCUT2D eigenvalue weighted by Gasteiger charge is -2.03. The second-order valence-corrected chi connectivity index (χ2v) is 3.29. The Hall–Kier alpha value is -1.65. The van der Waals surface area contributed by atoms with Crippen LogP contribution in [-0.2, 0) is 0 Å². The molecule has 5 nitrogen and oxygen atoms in total. The van der Waals surface area contributed by atoms with Crippen molar-refractivity contribution in [2.75, 3.05) is 12.3 Å². The molecule has 3 N–H and O–H groups in total. The van der Waals surface area contributed by atoms with E-state index in [0.717, 1.165) is 19.3 Å². The van der Waals surface area contributed by atoms with Gasteiger partial charge in [-0.1, -0.05) is 19.8 Å². The third kappa shape index (κ3) is 3.93. The first kappa shape index (κ1) is 11.4. The number of nitrogens with two attached hydrogens (primary N) is 1. The van der Waals surface area contributed by atoms with Crippen molar-refractivity contribution in [1.29, 1.82) is 0 Å². The Morgan fingerprint density at radius 2 is 2.20 bits per heavy atom. The Kier molecular flexibility index (Phi) is 4.53. The number of rotatable bonds is 5. The summed E-state index contributed by atoms with van der Waals surface area (Å²) in [5.74, 6) is 0.121. The molecule has 1 amide bonds. The van der Waals surface area contributed by atoms with Gasteiger partial charge in [-0.25, -0.2) is 9.97 Å². The molecule has 1 heterocycles. The molecule has 0 saturated carbocycles. The fourth-order valence-corrected chi connectivity index (χ4v) is 1.12. The van der Waals surface area contributed by atoms with E-state index in [1.54, 1.807) is 0 Å². The maximum absolute atomic E-state index is 11.5. The van der Waals surface area contributed by atoms with Crippen molar-refractivity contribution in [3.63, 3.8) is 0 Å². The zero-order valence-electron chi connectivity index (χ0n) is 8.86. The highest BCUT2D eigenvalue weighted by Gasteiger charge is 2.05. The van der Waals surface area contributed by atoms with E-state index in [1.807, 2.05) is 0 Å². The van der Waals surface area contributed by atoms with Gasteiger partial charge in [0.15, 0.2) is 0 Å². The largest absolute Gasteiger partial charge is 0.382 e. The zero-order valence-corrected chi connectivity index (χ0v) is 8.86. The second kappa shape index (κ2) is 5.95. The summed E-state index contributed by atoms with van der Waals surface area (Å²) in [6.07, 6.45) is 6.00. The Morgan fingerprint density at radius 3 is 2.80 bits per heavy atom. The summed E-state index contributed by atoms with van der Waals surface area (Å²) in [6, 6.07) is 0. The minimum absolute atomic E-state index is 0.196. The van der Waals surface area contributed by atoms with Crippen LogP contribution in [0.25, 0.3) is 0 Å². The topological polar surface area (TPSA) is 80.9 Å². The highest BCUT2D eigenvalue weighted by molar-refractivity contribution is 5.91. The summed E-state index contributed by atoms with van der Waals surface area (Å²) in [6.45, 7) is 2.80. The maximum Gasteiger partial charge on any atom is 0.271 e. The fraction of sp³-hybridized carbons (Fsp3) is 0.500. The number of anilines is 1. The molecule has 1 rings (SSSR count). The number of amides is 1. The predicted octanol–water partition coefficient (Wildman–Crippen LogP) is 0.979. The van der Waals surface area contributed by atoms with Crippen molar-refractivity contribution in [1.82, 2.24) is 15.3 Å². The minimum Gasteiger partial charge on any atom is -0.382 e. The summed E-state index contributed by atoms with van der Waals surface area (Å²) >= 11 is 0. The van der Waals surface area contributed by atoms with Gasteiger partial charge in [0.05, 0.1) is 12.4 Å². The van der Waals surface area contributed by atoms with Crippen LogP contribution >= 0.6 is 0 Å². The van der Waals surface area contributed by atoms with Crippen molar-refractivity contribution < 1.29 is 4.79 Å². The predicted molar refractivity (Wildman–Crippen MR) is 58.3 cm³/mol. The lowest BCUT2D eigenvalue weighted by molar-refractivity contribution is 0.0947. The van der Waals surface area contributed by atoms with Crippen LogP contribution in [0.3, 0.4) is 0 Å². The van der Waals surface area contributed by atoms with Crippen LogP contribution in [0.4, 0.5) is 5.82 Å². The Labute approximate surface area is 89.1 Å². The van der Waals surface area contributed by atoms with Gasteiger partial charge in [0.25, 0.3) is 5.91 Å². The van der Waals surface area contributed by atoms with Gasteiger partial charge in [0.2, 0.25) is 0 Å². The molecule has 0 aliphatic heterocycles. The molecule has 0 radical (unpaired) electrons. The van der Waals surface area contributed by atoms with Crippen molar-refractivity contribution in [3.05, 3.63) is 18.1 Å². The van der Waals surface area contributed by atoms with Crippen LogP contribution < -0.4 is 11.1 Å². The smallest absolute Gasteiger partial charge is 0.271 e. The first-order valence-corrected chi connectivity index (χ1v) is 5.09. The van der Waals surface area contributed by atoms with Crippen molar-refractivity contribution >= 4 is 11.7 Å². The second-order valence-electron chi connectivity index (χ2n) is 3.29. The quantitative estimate of drug-likeness (QED) is 0.707. The normalized spacial score (nSPS) is 9.93.